The van der Waals surface area contributed by atoms with E-state index in [0.29, 0.717) is 12.6 Å². The van der Waals surface area contributed by atoms with E-state index in [4.69, 9.17) is 10.2 Å². The molecule has 0 aromatic rings. The van der Waals surface area contributed by atoms with Gasteiger partial charge in [-0.25, -0.2) is 0 Å². The fourth-order valence-corrected chi connectivity index (χ4v) is 0.516. The average Bonchev–Trinajstić information content (AvgIpc) is 2.12. The Balaban J connectivity index is 0. The Morgan fingerprint density at radius 1 is 1.06 bits per heavy atom. The predicted molar refractivity (Wildman–Crippen MR) is 53.8 cm³/mol. The summed E-state index contributed by atoms with van der Waals surface area (Å²) >= 11 is 0. The van der Waals surface area contributed by atoms with Gasteiger partial charge in [0, 0.05) is 20.3 Å². The number of rotatable bonds is 5. The van der Waals surface area contributed by atoms with Crippen LogP contribution in [0.4, 0.5) is 0 Å². The molecule has 0 bridgehead atoms. The molecule has 7 nitrogen and oxygen atoms in total. The van der Waals surface area contributed by atoms with Crippen LogP contribution in [0.5, 0.6) is 0 Å². The third kappa shape index (κ3) is 14.3. The van der Waals surface area contributed by atoms with E-state index in [9.17, 15) is 19.2 Å². The number of carbonyl (C=O) groups excluding carboxylic acids is 2. The van der Waals surface area contributed by atoms with Crippen LogP contribution in [0, 0.1) is 0 Å². The molecule has 0 unspecified atom stereocenters. The second-order valence-electron chi connectivity index (χ2n) is 2.79. The standard InChI is InChI=1S/C6H9NO2.C3H4O4/c1-7(2)3-6(4-8)5-9;4-2(5)1-3(6)7/h3-5H,1-2H3;1H2,(H,4,5)(H,6,7). The van der Waals surface area contributed by atoms with E-state index in [-0.39, 0.29) is 5.57 Å². The third-order valence-electron chi connectivity index (χ3n) is 0.982. The molecule has 0 aliphatic carbocycles. The maximum atomic E-state index is 9.95. The first kappa shape index (κ1) is 16.3. The fraction of sp³-hybridized carbons (Fsp3) is 0.333. The lowest BCUT2D eigenvalue weighted by atomic mass is 10.3. The Kier molecular flexibility index (Phi) is 9.53. The predicted octanol–water partition coefficient (Wildman–Crippen LogP) is -0.625. The highest BCUT2D eigenvalue weighted by atomic mass is 16.4. The van der Waals surface area contributed by atoms with Gasteiger partial charge in [-0.05, 0) is 0 Å². The Bertz CT molecular complexity index is 272. The maximum absolute atomic E-state index is 9.95. The smallest absolute Gasteiger partial charge is 0.314 e. The van der Waals surface area contributed by atoms with Crippen LogP contribution in [0.3, 0.4) is 0 Å². The van der Waals surface area contributed by atoms with Crippen LogP contribution in [0.2, 0.25) is 0 Å². The minimum Gasteiger partial charge on any atom is -0.481 e. The van der Waals surface area contributed by atoms with E-state index in [1.54, 1.807) is 19.0 Å². The largest absolute Gasteiger partial charge is 0.481 e. The zero-order valence-electron chi connectivity index (χ0n) is 8.91. The molecule has 2 N–H and O–H groups in total. The minimum atomic E-state index is -1.31. The lowest BCUT2D eigenvalue weighted by Crippen LogP contribution is -2.03. The Morgan fingerprint density at radius 2 is 1.44 bits per heavy atom. The van der Waals surface area contributed by atoms with Crippen LogP contribution < -0.4 is 0 Å². The Labute approximate surface area is 92.0 Å². The van der Waals surface area contributed by atoms with Crippen molar-refractivity contribution in [3.8, 4) is 0 Å². The number of aldehydes is 2. The van der Waals surface area contributed by atoms with Crippen LogP contribution in [0.25, 0.3) is 0 Å². The van der Waals surface area contributed by atoms with E-state index in [0.717, 1.165) is 0 Å². The highest BCUT2D eigenvalue weighted by Gasteiger charge is 2.01. The summed E-state index contributed by atoms with van der Waals surface area (Å²) in [7, 11) is 3.49. The first-order valence-electron chi connectivity index (χ1n) is 4.05. The summed E-state index contributed by atoms with van der Waals surface area (Å²) in [6.07, 6.45) is 1.69. The fourth-order valence-electron chi connectivity index (χ4n) is 0.516. The van der Waals surface area contributed by atoms with Crippen molar-refractivity contribution >= 4 is 24.5 Å². The monoisotopic (exact) mass is 231 g/mol. The molecule has 0 radical (unpaired) electrons. The first-order valence-corrected chi connectivity index (χ1v) is 4.05. The average molecular weight is 231 g/mol. The van der Waals surface area contributed by atoms with Crippen LogP contribution in [-0.4, -0.2) is 53.7 Å². The van der Waals surface area contributed by atoms with E-state index >= 15 is 0 Å². The van der Waals surface area contributed by atoms with Crippen molar-refractivity contribution < 1.29 is 29.4 Å². The molecular weight excluding hydrogens is 218 g/mol. The van der Waals surface area contributed by atoms with E-state index in [1.807, 2.05) is 0 Å². The summed E-state index contributed by atoms with van der Waals surface area (Å²) in [6, 6.07) is 0. The van der Waals surface area contributed by atoms with Crippen molar-refractivity contribution in [3.63, 3.8) is 0 Å². The maximum Gasteiger partial charge on any atom is 0.314 e. The van der Waals surface area contributed by atoms with Gasteiger partial charge in [0.05, 0.1) is 5.57 Å². The second kappa shape index (κ2) is 9.38. The van der Waals surface area contributed by atoms with Gasteiger partial charge in [0.1, 0.15) is 6.42 Å². The quantitative estimate of drug-likeness (QED) is 0.280. The lowest BCUT2D eigenvalue weighted by Gasteiger charge is -2.02. The molecule has 0 aromatic heterocycles. The van der Waals surface area contributed by atoms with E-state index in [2.05, 4.69) is 0 Å². The first-order chi connectivity index (χ1) is 7.33. The Hall–Kier alpha value is -2.18. The summed E-state index contributed by atoms with van der Waals surface area (Å²) in [5.41, 5.74) is 0.153. The second-order valence-corrected chi connectivity index (χ2v) is 2.79. The van der Waals surface area contributed by atoms with Gasteiger partial charge in [0.15, 0.2) is 12.6 Å². The molecule has 0 saturated carbocycles. The van der Waals surface area contributed by atoms with E-state index in [1.165, 1.54) is 6.20 Å². The van der Waals surface area contributed by atoms with Gasteiger partial charge in [0.2, 0.25) is 0 Å². The number of carbonyl (C=O) groups is 4. The molecule has 0 aliphatic heterocycles. The van der Waals surface area contributed by atoms with Gasteiger partial charge in [-0.1, -0.05) is 0 Å². The van der Waals surface area contributed by atoms with Gasteiger partial charge in [-0.3, -0.25) is 19.2 Å². The molecule has 7 heteroatoms. The van der Waals surface area contributed by atoms with Crippen LogP contribution in [-0.2, 0) is 19.2 Å². The van der Waals surface area contributed by atoms with Crippen molar-refractivity contribution in [1.29, 1.82) is 0 Å². The van der Waals surface area contributed by atoms with Crippen LogP contribution in [0.15, 0.2) is 11.8 Å². The van der Waals surface area contributed by atoms with Gasteiger partial charge < -0.3 is 15.1 Å². The molecule has 0 heterocycles. The molecule has 0 aromatic carbocycles. The van der Waals surface area contributed by atoms with Gasteiger partial charge in [-0.15, -0.1) is 0 Å². The number of hydrogen-bond acceptors (Lipinski definition) is 5. The minimum absolute atomic E-state index is 0.153. The number of allylic oxidation sites excluding steroid dienone is 1. The number of hydrogen-bond donors (Lipinski definition) is 2. The van der Waals surface area contributed by atoms with E-state index < -0.39 is 18.4 Å². The zero-order chi connectivity index (χ0) is 13.1. The SMILES string of the molecule is CN(C)C=C(C=O)C=O.O=C(O)CC(=O)O. The van der Waals surface area contributed by atoms with Gasteiger partial charge in [-0.2, -0.15) is 0 Å². The van der Waals surface area contributed by atoms with Gasteiger partial charge >= 0.3 is 11.9 Å². The van der Waals surface area contributed by atoms with Crippen LogP contribution >= 0.6 is 0 Å². The summed E-state index contributed by atoms with van der Waals surface area (Å²) in [6.45, 7) is 0. The molecule has 0 fully saturated rings. The highest BCUT2D eigenvalue weighted by molar-refractivity contribution is 5.98. The summed E-state index contributed by atoms with van der Waals surface area (Å²) in [5, 5.41) is 15.4. The third-order valence-corrected chi connectivity index (χ3v) is 0.982. The van der Waals surface area contributed by atoms with Crippen molar-refractivity contribution in [2.24, 2.45) is 0 Å². The molecular formula is C9H13NO6. The molecule has 16 heavy (non-hydrogen) atoms. The molecule has 0 aliphatic rings. The van der Waals surface area contributed by atoms with Crippen molar-refractivity contribution in [2.45, 2.75) is 6.42 Å². The van der Waals surface area contributed by atoms with Crippen LogP contribution in [0.1, 0.15) is 6.42 Å². The molecule has 0 spiro atoms. The lowest BCUT2D eigenvalue weighted by molar-refractivity contribution is -0.147. The topological polar surface area (TPSA) is 112 Å². The number of aliphatic carboxylic acids is 2. The Morgan fingerprint density at radius 3 is 1.50 bits per heavy atom. The number of carboxylic acid groups (broad SMARTS) is 2. The number of nitrogens with zero attached hydrogens (tertiary/aromatic N) is 1. The van der Waals surface area contributed by atoms with Crippen molar-refractivity contribution in [3.05, 3.63) is 11.8 Å². The zero-order valence-corrected chi connectivity index (χ0v) is 8.91. The summed E-state index contributed by atoms with van der Waals surface area (Å²) in [5.74, 6) is -2.62. The van der Waals surface area contributed by atoms with Crippen molar-refractivity contribution in [1.82, 2.24) is 4.90 Å². The summed E-state index contributed by atoms with van der Waals surface area (Å²) < 4.78 is 0. The molecule has 0 atom stereocenters. The molecule has 0 rings (SSSR count). The normalized spacial score (nSPS) is 7.88. The molecule has 90 valence electrons. The highest BCUT2D eigenvalue weighted by Crippen LogP contribution is 1.84. The number of carboxylic acids is 2. The summed E-state index contributed by atoms with van der Waals surface area (Å²) in [4.78, 5) is 40.4. The van der Waals surface area contributed by atoms with Crippen molar-refractivity contribution in [2.75, 3.05) is 14.1 Å². The molecule has 0 saturated heterocycles. The molecule has 0 amide bonds. The van der Waals surface area contributed by atoms with Gasteiger partial charge in [0.25, 0.3) is 0 Å².